The topological polar surface area (TPSA) is 43.4 Å². The molecule has 1 saturated carbocycles. The van der Waals surface area contributed by atoms with Gasteiger partial charge in [-0.25, -0.2) is 0 Å². The molecule has 0 N–H and O–H groups in total. The fourth-order valence-electron chi connectivity index (χ4n) is 2.47. The Kier molecular flexibility index (Phi) is 2.87. The van der Waals surface area contributed by atoms with Crippen LogP contribution in [0, 0.1) is 23.7 Å². The number of fused-ring (bicyclic) bond motifs is 2. The average Bonchev–Trinajstić information content (AvgIpc) is 2.86. The third-order valence-corrected chi connectivity index (χ3v) is 3.67. The largest absolute Gasteiger partial charge is 0.462 e. The molecular formula is C13H17O3. The van der Waals surface area contributed by atoms with Gasteiger partial charge in [-0.05, 0) is 32.1 Å². The predicted molar refractivity (Wildman–Crippen MR) is 59.4 cm³/mol. The minimum atomic E-state index is -0.699. The van der Waals surface area contributed by atoms with Gasteiger partial charge in [-0.15, -0.1) is 0 Å². The maximum atomic E-state index is 12.1. The summed E-state index contributed by atoms with van der Waals surface area (Å²) in [5.41, 5.74) is -0.699. The van der Waals surface area contributed by atoms with Crippen molar-refractivity contribution in [2.75, 3.05) is 0 Å². The molecule has 0 amide bonds. The van der Waals surface area contributed by atoms with E-state index < -0.39 is 5.41 Å². The lowest BCUT2D eigenvalue weighted by atomic mass is 9.79. The second-order valence-corrected chi connectivity index (χ2v) is 4.75. The predicted octanol–water partition coefficient (Wildman–Crippen LogP) is 1.92. The molecule has 2 aliphatic carbocycles. The molecule has 16 heavy (non-hydrogen) atoms. The molecule has 87 valence electrons. The van der Waals surface area contributed by atoms with Gasteiger partial charge in [0.1, 0.15) is 6.29 Å². The molecule has 0 aliphatic heterocycles. The van der Waals surface area contributed by atoms with Gasteiger partial charge in [0.15, 0.2) is 0 Å². The van der Waals surface area contributed by atoms with Crippen LogP contribution in [0.25, 0.3) is 0 Å². The van der Waals surface area contributed by atoms with E-state index in [0.29, 0.717) is 6.42 Å². The average molecular weight is 221 g/mol. The van der Waals surface area contributed by atoms with Crippen LogP contribution in [0.5, 0.6) is 0 Å². The molecule has 0 aromatic heterocycles. The third-order valence-electron chi connectivity index (χ3n) is 3.67. The van der Waals surface area contributed by atoms with Crippen molar-refractivity contribution in [3.05, 3.63) is 18.6 Å². The van der Waals surface area contributed by atoms with E-state index in [2.05, 4.69) is 0 Å². The lowest BCUT2D eigenvalue weighted by Crippen LogP contribution is -2.36. The Balaban J connectivity index is 2.15. The maximum absolute atomic E-state index is 12.1. The van der Waals surface area contributed by atoms with Crippen LogP contribution in [0.15, 0.2) is 12.2 Å². The van der Waals surface area contributed by atoms with E-state index in [0.717, 1.165) is 12.7 Å². The van der Waals surface area contributed by atoms with Gasteiger partial charge >= 0.3 is 5.97 Å². The standard InChI is InChI=1S/C13H17O3/c1-3-9(2)16-12(15)13-5-4-10(7-13)6-11(13)8-14/h4-6,8-11H,3,7H2,1-2H3. The molecule has 3 heteroatoms. The molecule has 4 atom stereocenters. The summed E-state index contributed by atoms with van der Waals surface area (Å²) in [5.74, 6) is -0.287. The maximum Gasteiger partial charge on any atom is 0.316 e. The number of hydrogen-bond donors (Lipinski definition) is 0. The normalized spacial score (nSPS) is 37.4. The van der Waals surface area contributed by atoms with Gasteiger partial charge in [0.05, 0.1) is 11.5 Å². The molecule has 0 heterocycles. The summed E-state index contributed by atoms with van der Waals surface area (Å²) in [6.07, 6.45) is 8.09. The Bertz CT molecular complexity index is 334. The van der Waals surface area contributed by atoms with Crippen LogP contribution in [-0.4, -0.2) is 18.4 Å². The Morgan fingerprint density at radius 3 is 3.00 bits per heavy atom. The minimum absolute atomic E-state index is 0.0813. The zero-order chi connectivity index (χ0) is 11.8. The number of hydrogen-bond acceptors (Lipinski definition) is 3. The van der Waals surface area contributed by atoms with Crippen molar-refractivity contribution < 1.29 is 14.3 Å². The van der Waals surface area contributed by atoms with Crippen LogP contribution >= 0.6 is 0 Å². The SMILES string of the molecule is CCC(C)OC(=O)C12C=CC([CH]C1C=O)C2. The molecule has 0 spiro atoms. The summed E-state index contributed by atoms with van der Waals surface area (Å²) >= 11 is 0. The molecule has 3 nitrogen and oxygen atoms in total. The summed E-state index contributed by atoms with van der Waals surface area (Å²) in [4.78, 5) is 23.1. The first-order chi connectivity index (χ1) is 7.62. The van der Waals surface area contributed by atoms with Crippen molar-refractivity contribution in [2.45, 2.75) is 32.8 Å². The highest BCUT2D eigenvalue weighted by molar-refractivity contribution is 5.86. The lowest BCUT2D eigenvalue weighted by Gasteiger charge is -2.27. The molecule has 2 bridgehead atoms. The van der Waals surface area contributed by atoms with Gasteiger partial charge in [0.25, 0.3) is 0 Å². The molecule has 1 fully saturated rings. The summed E-state index contributed by atoms with van der Waals surface area (Å²) in [6, 6.07) is 0. The van der Waals surface area contributed by atoms with Gasteiger partial charge in [-0.1, -0.05) is 19.1 Å². The Hall–Kier alpha value is -1.12. The fraction of sp³-hybridized carbons (Fsp3) is 0.615. The monoisotopic (exact) mass is 221 g/mol. The number of rotatable bonds is 4. The second-order valence-electron chi connectivity index (χ2n) is 4.75. The summed E-state index contributed by atoms with van der Waals surface area (Å²) in [7, 11) is 0. The molecule has 4 unspecified atom stereocenters. The first-order valence-corrected chi connectivity index (χ1v) is 5.83. The van der Waals surface area contributed by atoms with Gasteiger partial charge < -0.3 is 9.53 Å². The number of carbonyl (C=O) groups is 2. The first kappa shape index (κ1) is 11.4. The number of esters is 1. The van der Waals surface area contributed by atoms with E-state index in [1.807, 2.05) is 32.4 Å². The van der Waals surface area contributed by atoms with Crippen LogP contribution in [-0.2, 0) is 14.3 Å². The van der Waals surface area contributed by atoms with Crippen LogP contribution in [0.3, 0.4) is 0 Å². The third kappa shape index (κ3) is 1.58. The molecular weight excluding hydrogens is 204 g/mol. The van der Waals surface area contributed by atoms with Crippen molar-refractivity contribution >= 4 is 12.3 Å². The number of ether oxygens (including phenoxy) is 1. The Labute approximate surface area is 95.9 Å². The van der Waals surface area contributed by atoms with Crippen LogP contribution in [0.2, 0.25) is 0 Å². The van der Waals surface area contributed by atoms with Crippen molar-refractivity contribution in [2.24, 2.45) is 17.3 Å². The highest BCUT2D eigenvalue weighted by Crippen LogP contribution is 2.52. The summed E-state index contributed by atoms with van der Waals surface area (Å²) < 4.78 is 5.37. The van der Waals surface area contributed by atoms with E-state index in [-0.39, 0.29) is 23.9 Å². The van der Waals surface area contributed by atoms with E-state index in [9.17, 15) is 9.59 Å². The van der Waals surface area contributed by atoms with Crippen molar-refractivity contribution in [3.63, 3.8) is 0 Å². The smallest absolute Gasteiger partial charge is 0.316 e. The summed E-state index contributed by atoms with van der Waals surface area (Å²) in [6.45, 7) is 3.85. The van der Waals surface area contributed by atoms with Gasteiger partial charge in [-0.2, -0.15) is 0 Å². The van der Waals surface area contributed by atoms with E-state index in [4.69, 9.17) is 4.74 Å². The Morgan fingerprint density at radius 1 is 1.69 bits per heavy atom. The molecule has 0 aromatic rings. The van der Waals surface area contributed by atoms with Crippen LogP contribution in [0.4, 0.5) is 0 Å². The fourth-order valence-corrected chi connectivity index (χ4v) is 2.47. The lowest BCUT2D eigenvalue weighted by molar-refractivity contribution is -0.160. The quantitative estimate of drug-likeness (QED) is 0.414. The zero-order valence-electron chi connectivity index (χ0n) is 9.68. The first-order valence-electron chi connectivity index (χ1n) is 5.83. The highest BCUT2D eigenvalue weighted by atomic mass is 16.5. The van der Waals surface area contributed by atoms with Gasteiger partial charge in [0, 0.05) is 5.92 Å². The van der Waals surface area contributed by atoms with Gasteiger partial charge in [-0.3, -0.25) is 4.79 Å². The van der Waals surface area contributed by atoms with Crippen molar-refractivity contribution in [1.29, 1.82) is 0 Å². The van der Waals surface area contributed by atoms with E-state index in [1.165, 1.54) is 0 Å². The molecule has 2 rings (SSSR count). The molecule has 1 radical (unpaired) electrons. The Morgan fingerprint density at radius 2 is 2.44 bits per heavy atom. The highest BCUT2D eigenvalue weighted by Gasteiger charge is 2.55. The van der Waals surface area contributed by atoms with Crippen molar-refractivity contribution in [3.8, 4) is 0 Å². The number of allylic oxidation sites excluding steroid dienone is 1. The second kappa shape index (κ2) is 4.04. The van der Waals surface area contributed by atoms with Crippen LogP contribution < -0.4 is 0 Å². The minimum Gasteiger partial charge on any atom is -0.462 e. The van der Waals surface area contributed by atoms with E-state index >= 15 is 0 Å². The van der Waals surface area contributed by atoms with Crippen molar-refractivity contribution in [1.82, 2.24) is 0 Å². The number of carbonyl (C=O) groups excluding carboxylic acids is 2. The van der Waals surface area contributed by atoms with Crippen LogP contribution in [0.1, 0.15) is 26.7 Å². The van der Waals surface area contributed by atoms with E-state index in [1.54, 1.807) is 0 Å². The molecule has 0 saturated heterocycles. The molecule has 0 aromatic carbocycles. The summed E-state index contributed by atoms with van der Waals surface area (Å²) in [5, 5.41) is 0. The van der Waals surface area contributed by atoms with Gasteiger partial charge in [0.2, 0.25) is 0 Å². The zero-order valence-corrected chi connectivity index (χ0v) is 9.68. The number of aldehydes is 1. The molecule has 2 aliphatic rings.